The third-order valence-electron chi connectivity index (χ3n) is 6.15. The average Bonchev–Trinajstić information content (AvgIpc) is 3.27. The number of nitrogens with zero attached hydrogens (tertiary/aromatic N) is 5. The zero-order valence-corrected chi connectivity index (χ0v) is 21.4. The molecule has 0 radical (unpaired) electrons. The van der Waals surface area contributed by atoms with Crippen molar-refractivity contribution in [3.05, 3.63) is 23.0 Å². The second-order valence-corrected chi connectivity index (χ2v) is 12.2. The molecule has 13 heteroatoms. The van der Waals surface area contributed by atoms with E-state index in [-0.39, 0.29) is 27.8 Å². The normalized spacial score (nSPS) is 22.2. The lowest BCUT2D eigenvalue weighted by molar-refractivity contribution is -0.00515. The maximum Gasteiger partial charge on any atom is 0.291 e. The Labute approximate surface area is 206 Å². The van der Waals surface area contributed by atoms with E-state index in [0.29, 0.717) is 35.5 Å². The molecule has 2 atom stereocenters. The highest BCUT2D eigenvalue weighted by atomic mass is 32.2. The van der Waals surface area contributed by atoms with Gasteiger partial charge in [-0.15, -0.1) is 10.2 Å². The van der Waals surface area contributed by atoms with Crippen LogP contribution in [0.25, 0.3) is 21.6 Å². The van der Waals surface area contributed by atoms with Crippen molar-refractivity contribution in [3.8, 4) is 10.7 Å². The molecule has 0 amide bonds. The van der Waals surface area contributed by atoms with E-state index in [2.05, 4.69) is 29.8 Å². The number of aryl methyl sites for hydroxylation is 1. The van der Waals surface area contributed by atoms with Crippen molar-refractivity contribution < 1.29 is 21.9 Å². The minimum Gasteiger partial charge on any atom is -0.372 e. The molecule has 9 nitrogen and oxygen atoms in total. The maximum atomic E-state index is 13.4. The predicted molar refractivity (Wildman–Crippen MR) is 128 cm³/mol. The summed E-state index contributed by atoms with van der Waals surface area (Å²) in [6.45, 7) is 8.57. The predicted octanol–water partition coefficient (Wildman–Crippen LogP) is 3.84. The fourth-order valence-corrected chi connectivity index (χ4v) is 6.54. The molecule has 1 aliphatic heterocycles. The fourth-order valence-electron chi connectivity index (χ4n) is 4.33. The molecule has 1 saturated heterocycles. The molecule has 1 aliphatic carbocycles. The van der Waals surface area contributed by atoms with Gasteiger partial charge in [-0.3, -0.25) is 0 Å². The summed E-state index contributed by atoms with van der Waals surface area (Å²) in [6, 6.07) is 3.13. The number of sulfonamides is 1. The van der Waals surface area contributed by atoms with Crippen LogP contribution in [0.15, 0.2) is 17.0 Å². The Morgan fingerprint density at radius 3 is 2.46 bits per heavy atom. The van der Waals surface area contributed by atoms with Crippen LogP contribution in [-0.2, 0) is 14.8 Å². The van der Waals surface area contributed by atoms with Gasteiger partial charge in [-0.05, 0) is 52.7 Å². The van der Waals surface area contributed by atoms with Gasteiger partial charge in [0.25, 0.3) is 6.43 Å². The summed E-state index contributed by atoms with van der Waals surface area (Å²) in [7, 11) is -3.87. The number of fused-ring (bicyclic) bond motifs is 1. The first-order valence-electron chi connectivity index (χ1n) is 11.3. The fraction of sp³-hybridized carbons (Fsp3) is 0.545. The number of alkyl halides is 2. The average molecular weight is 525 g/mol. The number of rotatable bonds is 6. The first kappa shape index (κ1) is 24.3. The summed E-state index contributed by atoms with van der Waals surface area (Å²) in [5, 5.41) is 7.69. The van der Waals surface area contributed by atoms with Crippen LogP contribution in [0.1, 0.15) is 50.9 Å². The summed E-state index contributed by atoms with van der Waals surface area (Å²) >= 11 is 0.732. The van der Waals surface area contributed by atoms with Crippen LogP contribution in [0.4, 0.5) is 14.5 Å². The molecule has 2 aliphatic rings. The Morgan fingerprint density at radius 1 is 1.17 bits per heavy atom. The summed E-state index contributed by atoms with van der Waals surface area (Å²) in [5.41, 5.74) is 0.964. The van der Waals surface area contributed by atoms with E-state index in [0.717, 1.165) is 24.2 Å². The standard InChI is InChI=1S/C22H26F2N6O3S2/c1-11-9-30(10-12(2)33-11)16-8-14(35(31,32)29-22(4)5-6-22)7-15-17(16)25-13(3)26-18(15)20-27-28-21(34-20)19(23)24/h7-8,11-12,19,29H,5-6,9-10H2,1-4H3/t11-,12-/m0/s1. The van der Waals surface area contributed by atoms with Crippen molar-refractivity contribution in [2.24, 2.45) is 0 Å². The van der Waals surface area contributed by atoms with Crippen molar-refractivity contribution >= 4 is 38.0 Å². The van der Waals surface area contributed by atoms with Crippen LogP contribution in [-0.4, -0.2) is 59.4 Å². The van der Waals surface area contributed by atoms with E-state index in [4.69, 9.17) is 4.74 Å². The highest BCUT2D eigenvalue weighted by molar-refractivity contribution is 7.89. The highest BCUT2D eigenvalue weighted by Crippen LogP contribution is 2.40. The number of benzene rings is 1. The van der Waals surface area contributed by atoms with Gasteiger partial charge < -0.3 is 9.64 Å². The minimum absolute atomic E-state index is 0.0622. The number of hydrogen-bond acceptors (Lipinski definition) is 9. The zero-order chi connectivity index (χ0) is 25.1. The van der Waals surface area contributed by atoms with Gasteiger partial charge >= 0.3 is 0 Å². The summed E-state index contributed by atoms with van der Waals surface area (Å²) < 4.78 is 61.9. The van der Waals surface area contributed by atoms with Gasteiger partial charge in [0.1, 0.15) is 11.5 Å². The third-order valence-corrected chi connectivity index (χ3v) is 8.70. The smallest absolute Gasteiger partial charge is 0.291 e. The number of hydrogen-bond donors (Lipinski definition) is 1. The number of aromatic nitrogens is 4. The highest BCUT2D eigenvalue weighted by Gasteiger charge is 2.41. The Hall–Kier alpha value is -2.35. The SMILES string of the molecule is Cc1nc(-c2nnc(C(F)F)s2)c2cc(S(=O)(=O)NC3(C)CC3)cc(N3C[C@H](C)O[C@@H](C)C3)c2n1. The molecule has 1 saturated carbocycles. The largest absolute Gasteiger partial charge is 0.372 e. The first-order valence-corrected chi connectivity index (χ1v) is 13.6. The van der Waals surface area contributed by atoms with Gasteiger partial charge in [-0.25, -0.2) is 31.9 Å². The molecule has 2 fully saturated rings. The monoisotopic (exact) mass is 524 g/mol. The lowest BCUT2D eigenvalue weighted by atomic mass is 10.1. The quantitative estimate of drug-likeness (QED) is 0.518. The molecule has 1 N–H and O–H groups in total. The molecular formula is C22H26F2N6O3S2. The van der Waals surface area contributed by atoms with Crippen LogP contribution in [0.5, 0.6) is 0 Å². The van der Waals surface area contributed by atoms with Crippen molar-refractivity contribution in [2.75, 3.05) is 18.0 Å². The summed E-state index contributed by atoms with van der Waals surface area (Å²) in [6.07, 6.45) is -1.38. The molecule has 188 valence electrons. The second-order valence-electron chi connectivity index (χ2n) is 9.53. The van der Waals surface area contributed by atoms with Gasteiger partial charge in [0.2, 0.25) is 10.0 Å². The molecule has 35 heavy (non-hydrogen) atoms. The Kier molecular flexibility index (Phi) is 6.01. The van der Waals surface area contributed by atoms with Gasteiger partial charge in [-0.1, -0.05) is 11.3 Å². The van der Waals surface area contributed by atoms with Crippen molar-refractivity contribution in [3.63, 3.8) is 0 Å². The van der Waals surface area contributed by atoms with Gasteiger partial charge in [-0.2, -0.15) is 0 Å². The molecule has 3 aromatic rings. The van der Waals surface area contributed by atoms with E-state index < -0.39 is 27.0 Å². The molecule has 3 heterocycles. The molecular weight excluding hydrogens is 498 g/mol. The Balaban J connectivity index is 1.74. The van der Waals surface area contributed by atoms with Gasteiger partial charge in [0.15, 0.2) is 10.0 Å². The van der Waals surface area contributed by atoms with E-state index in [1.54, 1.807) is 13.0 Å². The summed E-state index contributed by atoms with van der Waals surface area (Å²) in [4.78, 5) is 11.2. The molecule has 5 rings (SSSR count). The minimum atomic E-state index is -3.87. The van der Waals surface area contributed by atoms with Crippen LogP contribution < -0.4 is 9.62 Å². The van der Waals surface area contributed by atoms with Gasteiger partial charge in [0.05, 0.1) is 28.3 Å². The molecule has 0 bridgehead atoms. The van der Waals surface area contributed by atoms with Crippen molar-refractivity contribution in [2.45, 2.75) is 69.6 Å². The van der Waals surface area contributed by atoms with Crippen molar-refractivity contribution in [1.82, 2.24) is 24.9 Å². The van der Waals surface area contributed by atoms with E-state index in [9.17, 15) is 17.2 Å². The Bertz CT molecular complexity index is 1380. The number of nitrogens with one attached hydrogen (secondary N) is 1. The second kappa shape index (κ2) is 8.64. The number of halogens is 2. The van der Waals surface area contributed by atoms with Crippen molar-refractivity contribution in [1.29, 1.82) is 0 Å². The van der Waals surface area contributed by atoms with Gasteiger partial charge in [0, 0.05) is 24.0 Å². The molecule has 0 unspecified atom stereocenters. The van der Waals surface area contributed by atoms with E-state index in [1.807, 2.05) is 20.8 Å². The van der Waals surface area contributed by atoms with Crippen LogP contribution >= 0.6 is 11.3 Å². The Morgan fingerprint density at radius 2 is 1.86 bits per heavy atom. The lowest BCUT2D eigenvalue weighted by Crippen LogP contribution is -2.45. The number of morpholine rings is 1. The lowest BCUT2D eigenvalue weighted by Gasteiger charge is -2.37. The number of anilines is 1. The third kappa shape index (κ3) is 4.86. The summed E-state index contributed by atoms with van der Waals surface area (Å²) in [5.74, 6) is 0.413. The molecule has 0 spiro atoms. The first-order chi connectivity index (χ1) is 16.4. The van der Waals surface area contributed by atoms with E-state index in [1.165, 1.54) is 6.07 Å². The van der Waals surface area contributed by atoms with Crippen LogP contribution in [0, 0.1) is 6.92 Å². The number of ether oxygens (including phenoxy) is 1. The zero-order valence-electron chi connectivity index (χ0n) is 19.7. The van der Waals surface area contributed by atoms with E-state index >= 15 is 0 Å². The topological polar surface area (TPSA) is 110 Å². The van der Waals surface area contributed by atoms with Crippen LogP contribution in [0.2, 0.25) is 0 Å². The van der Waals surface area contributed by atoms with Crippen LogP contribution in [0.3, 0.4) is 0 Å². The molecule has 2 aromatic heterocycles. The molecule has 1 aromatic carbocycles. The maximum absolute atomic E-state index is 13.4.